The number of hydrogen-bond donors (Lipinski definition) is 2. The van der Waals surface area contributed by atoms with Gasteiger partial charge in [-0.1, -0.05) is 44.0 Å². The number of thiazole rings is 1. The zero-order valence-electron chi connectivity index (χ0n) is 20.1. The van der Waals surface area contributed by atoms with Crippen molar-refractivity contribution in [1.82, 2.24) is 20.1 Å². The number of hydrogen-bond acceptors (Lipinski definition) is 5. The molecular formula is C26H24Cl2N6OS. The Bertz CT molecular complexity index is 1450. The number of nitrogens with one attached hydrogen (secondary N) is 2. The van der Waals surface area contributed by atoms with Crippen LogP contribution in [0, 0.1) is 11.3 Å². The number of nitrogens with zero attached hydrogens (tertiary/aromatic N) is 4. The Balaban J connectivity index is 1.53. The van der Waals surface area contributed by atoms with Crippen LogP contribution in [0.4, 0.5) is 10.6 Å². The van der Waals surface area contributed by atoms with Gasteiger partial charge in [0.2, 0.25) is 0 Å². The Morgan fingerprint density at radius 1 is 1.14 bits per heavy atom. The molecule has 1 unspecified atom stereocenters. The van der Waals surface area contributed by atoms with Gasteiger partial charge in [0.1, 0.15) is 10.8 Å². The SMILES string of the molecule is CC(NC(=O)Nc1cc(C(C)(C)C)nn1-c1ccc(C#N)cc1)c1nc(-c2ccc(Cl)cc2Cl)cs1. The van der Waals surface area contributed by atoms with Crippen LogP contribution in [0.3, 0.4) is 0 Å². The fourth-order valence-electron chi connectivity index (χ4n) is 3.43. The number of urea groups is 1. The van der Waals surface area contributed by atoms with E-state index in [9.17, 15) is 4.79 Å². The summed E-state index contributed by atoms with van der Waals surface area (Å²) in [5, 5.41) is 23.4. The van der Waals surface area contributed by atoms with Crippen molar-refractivity contribution in [3.63, 3.8) is 0 Å². The zero-order valence-corrected chi connectivity index (χ0v) is 22.5. The quantitative estimate of drug-likeness (QED) is 0.277. The summed E-state index contributed by atoms with van der Waals surface area (Å²) < 4.78 is 1.66. The van der Waals surface area contributed by atoms with E-state index < -0.39 is 0 Å². The van der Waals surface area contributed by atoms with Gasteiger partial charge in [-0.15, -0.1) is 11.3 Å². The molecule has 0 radical (unpaired) electrons. The van der Waals surface area contributed by atoms with Crippen molar-refractivity contribution in [2.45, 2.75) is 39.2 Å². The summed E-state index contributed by atoms with van der Waals surface area (Å²) >= 11 is 13.8. The summed E-state index contributed by atoms with van der Waals surface area (Å²) in [6, 6.07) is 15.5. The summed E-state index contributed by atoms with van der Waals surface area (Å²) in [7, 11) is 0. The first kappa shape index (κ1) is 25.7. The third-order valence-electron chi connectivity index (χ3n) is 5.41. The highest BCUT2D eigenvalue weighted by molar-refractivity contribution is 7.10. The first-order valence-electron chi connectivity index (χ1n) is 11.1. The highest BCUT2D eigenvalue weighted by Crippen LogP contribution is 2.32. The number of rotatable bonds is 5. The monoisotopic (exact) mass is 538 g/mol. The molecule has 0 aliphatic heterocycles. The Hall–Kier alpha value is -3.38. The second-order valence-electron chi connectivity index (χ2n) is 9.25. The number of carbonyl (C=O) groups is 1. The lowest BCUT2D eigenvalue weighted by Gasteiger charge is -2.14. The van der Waals surface area contributed by atoms with Gasteiger partial charge in [-0.2, -0.15) is 10.4 Å². The molecule has 2 N–H and O–H groups in total. The number of amides is 2. The number of carbonyl (C=O) groups excluding carboxylic acids is 1. The standard InChI is InChI=1S/C26H24Cl2N6OS/c1-15(24-31-21(14-36-24)19-10-7-17(27)11-20(19)28)30-25(35)32-23-12-22(26(2,3)4)33-34(23)18-8-5-16(13-29)6-9-18/h5-12,14-15H,1-4H3,(H2,30,32,35). The van der Waals surface area contributed by atoms with E-state index in [1.165, 1.54) is 11.3 Å². The molecule has 2 heterocycles. The van der Waals surface area contributed by atoms with Gasteiger partial charge in [-0.05, 0) is 49.4 Å². The number of aromatic nitrogens is 3. The Kier molecular flexibility index (Phi) is 7.36. The van der Waals surface area contributed by atoms with Crippen LogP contribution >= 0.6 is 34.5 Å². The molecule has 2 amide bonds. The molecule has 10 heteroatoms. The predicted molar refractivity (Wildman–Crippen MR) is 145 cm³/mol. The van der Waals surface area contributed by atoms with Crippen LogP contribution in [0.5, 0.6) is 0 Å². The van der Waals surface area contributed by atoms with Gasteiger partial charge in [-0.3, -0.25) is 5.32 Å². The molecule has 0 spiro atoms. The van der Waals surface area contributed by atoms with Crippen molar-refractivity contribution in [1.29, 1.82) is 5.26 Å². The summed E-state index contributed by atoms with van der Waals surface area (Å²) in [4.78, 5) is 17.6. The van der Waals surface area contributed by atoms with Gasteiger partial charge in [-0.25, -0.2) is 14.5 Å². The Labute approximate surface area is 223 Å². The molecule has 4 rings (SSSR count). The molecule has 0 aliphatic carbocycles. The molecule has 0 fully saturated rings. The highest BCUT2D eigenvalue weighted by atomic mass is 35.5. The average Bonchev–Trinajstić information content (AvgIpc) is 3.47. The van der Waals surface area contributed by atoms with Crippen LogP contribution < -0.4 is 10.6 Å². The Morgan fingerprint density at radius 2 is 1.86 bits per heavy atom. The number of anilines is 1. The lowest BCUT2D eigenvalue weighted by Crippen LogP contribution is -2.31. The maximum Gasteiger partial charge on any atom is 0.320 e. The summed E-state index contributed by atoms with van der Waals surface area (Å²) in [6.07, 6.45) is 0. The van der Waals surface area contributed by atoms with E-state index in [0.717, 1.165) is 27.6 Å². The van der Waals surface area contributed by atoms with Crippen molar-refractivity contribution in [2.24, 2.45) is 0 Å². The van der Waals surface area contributed by atoms with Gasteiger partial charge in [0.25, 0.3) is 0 Å². The van der Waals surface area contributed by atoms with E-state index in [0.29, 0.717) is 21.4 Å². The average molecular weight is 539 g/mol. The van der Waals surface area contributed by atoms with Gasteiger partial charge < -0.3 is 5.32 Å². The molecule has 2 aromatic carbocycles. The molecule has 2 aromatic heterocycles. The normalized spacial score (nSPS) is 12.1. The van der Waals surface area contributed by atoms with E-state index >= 15 is 0 Å². The molecular weight excluding hydrogens is 515 g/mol. The molecule has 36 heavy (non-hydrogen) atoms. The molecule has 0 saturated carbocycles. The van der Waals surface area contributed by atoms with Crippen LogP contribution in [-0.2, 0) is 5.41 Å². The third-order valence-corrected chi connectivity index (χ3v) is 6.98. The van der Waals surface area contributed by atoms with Crippen LogP contribution in [0.1, 0.15) is 50.0 Å². The van der Waals surface area contributed by atoms with Crippen molar-refractivity contribution in [3.05, 3.63) is 80.2 Å². The molecule has 184 valence electrons. The van der Waals surface area contributed by atoms with Crippen molar-refractivity contribution < 1.29 is 4.79 Å². The fourth-order valence-corrected chi connectivity index (χ4v) is 4.76. The summed E-state index contributed by atoms with van der Waals surface area (Å²) in [5.41, 5.74) is 3.38. The molecule has 0 bridgehead atoms. The number of nitriles is 1. The van der Waals surface area contributed by atoms with E-state index in [4.69, 9.17) is 33.6 Å². The van der Waals surface area contributed by atoms with E-state index in [1.54, 1.807) is 41.1 Å². The molecule has 7 nitrogen and oxygen atoms in total. The van der Waals surface area contributed by atoms with Gasteiger partial charge >= 0.3 is 6.03 Å². The van der Waals surface area contributed by atoms with Crippen LogP contribution in [0.15, 0.2) is 53.9 Å². The zero-order chi connectivity index (χ0) is 26.0. The van der Waals surface area contributed by atoms with Crippen LogP contribution in [0.2, 0.25) is 10.0 Å². The van der Waals surface area contributed by atoms with E-state index in [1.807, 2.05) is 24.4 Å². The third kappa shape index (κ3) is 5.71. The van der Waals surface area contributed by atoms with Crippen LogP contribution in [-0.4, -0.2) is 20.8 Å². The second kappa shape index (κ2) is 10.3. The number of benzene rings is 2. The Morgan fingerprint density at radius 3 is 2.50 bits per heavy atom. The number of halogens is 2. The summed E-state index contributed by atoms with van der Waals surface area (Å²) in [6.45, 7) is 8.02. The fraction of sp³-hybridized carbons (Fsp3) is 0.231. The van der Waals surface area contributed by atoms with E-state index in [-0.39, 0.29) is 17.5 Å². The minimum Gasteiger partial charge on any atom is -0.329 e. The lowest BCUT2D eigenvalue weighted by molar-refractivity contribution is 0.249. The maximum absolute atomic E-state index is 12.9. The minimum absolute atomic E-state index is 0.224. The smallest absolute Gasteiger partial charge is 0.320 e. The first-order chi connectivity index (χ1) is 17.0. The lowest BCUT2D eigenvalue weighted by atomic mass is 9.92. The molecule has 0 aliphatic rings. The minimum atomic E-state index is -0.390. The van der Waals surface area contributed by atoms with Gasteiger partial charge in [0.15, 0.2) is 0 Å². The van der Waals surface area contributed by atoms with Crippen LogP contribution in [0.25, 0.3) is 16.9 Å². The summed E-state index contributed by atoms with van der Waals surface area (Å²) in [5.74, 6) is 0.516. The molecule has 1 atom stereocenters. The van der Waals surface area contributed by atoms with Crippen molar-refractivity contribution >= 4 is 46.4 Å². The second-order valence-corrected chi connectivity index (χ2v) is 11.0. The highest BCUT2D eigenvalue weighted by Gasteiger charge is 2.22. The molecule has 4 aromatic rings. The topological polar surface area (TPSA) is 95.6 Å². The van der Waals surface area contributed by atoms with Crippen molar-refractivity contribution in [2.75, 3.05) is 5.32 Å². The first-order valence-corrected chi connectivity index (χ1v) is 12.8. The van der Waals surface area contributed by atoms with Gasteiger partial charge in [0, 0.05) is 27.4 Å². The van der Waals surface area contributed by atoms with Crippen molar-refractivity contribution in [3.8, 4) is 23.0 Å². The van der Waals surface area contributed by atoms with E-state index in [2.05, 4.69) is 42.5 Å². The molecule has 0 saturated heterocycles. The maximum atomic E-state index is 12.9. The van der Waals surface area contributed by atoms with Gasteiger partial charge in [0.05, 0.1) is 39.8 Å². The largest absolute Gasteiger partial charge is 0.329 e. The predicted octanol–water partition coefficient (Wildman–Crippen LogP) is 7.35.